The van der Waals surface area contributed by atoms with E-state index < -0.39 is 5.60 Å². The first-order valence-corrected chi connectivity index (χ1v) is 17.3. The normalized spacial score (nSPS) is 21.5. The molecule has 0 amide bonds. The summed E-state index contributed by atoms with van der Waals surface area (Å²) in [5.41, 5.74) is 10.6. The zero-order valence-electron chi connectivity index (χ0n) is 26.8. The number of likely N-dealkylation sites (tertiary alicyclic amines) is 2. The molecule has 4 aliphatic rings. The number of nitrogens with zero attached hydrogens (tertiary/aromatic N) is 4. The quantitative estimate of drug-likeness (QED) is 0.206. The molecule has 0 spiro atoms. The van der Waals surface area contributed by atoms with Crippen LogP contribution in [0, 0.1) is 5.92 Å². The maximum Gasteiger partial charge on any atom is 0.135 e. The summed E-state index contributed by atoms with van der Waals surface area (Å²) < 4.78 is 0. The third-order valence-electron chi connectivity index (χ3n) is 10.6. The van der Waals surface area contributed by atoms with Crippen molar-refractivity contribution in [3.63, 3.8) is 0 Å². The largest absolute Gasteiger partial charge is 0.378 e. The summed E-state index contributed by atoms with van der Waals surface area (Å²) in [6.07, 6.45) is 13.9. The van der Waals surface area contributed by atoms with Gasteiger partial charge in [-0.2, -0.15) is 0 Å². The number of halogens is 2. The SMILES string of the molecule is CN1CCC(=C2c3ccc(Cl)cc3C=Cc3ccc(-c4cc5c(cc4Cl)C=Cc4cccnc4C5(O)C4CCN(C)CC4)nc32)CC1. The molecule has 2 saturated heterocycles. The van der Waals surface area contributed by atoms with Crippen molar-refractivity contribution in [2.75, 3.05) is 40.3 Å². The highest BCUT2D eigenvalue weighted by Crippen LogP contribution is 2.48. The van der Waals surface area contributed by atoms with Gasteiger partial charge in [-0.3, -0.25) is 4.98 Å². The van der Waals surface area contributed by atoms with E-state index in [2.05, 4.69) is 72.5 Å². The minimum atomic E-state index is -1.27. The van der Waals surface area contributed by atoms with Gasteiger partial charge in [0.15, 0.2) is 0 Å². The Morgan fingerprint density at radius 2 is 1.49 bits per heavy atom. The van der Waals surface area contributed by atoms with Crippen molar-refractivity contribution in [2.24, 2.45) is 5.92 Å². The molecular weight excluding hydrogens is 623 g/mol. The smallest absolute Gasteiger partial charge is 0.135 e. The van der Waals surface area contributed by atoms with Crippen molar-refractivity contribution in [1.29, 1.82) is 0 Å². The molecule has 1 N–H and O–H groups in total. The van der Waals surface area contributed by atoms with Gasteiger partial charge in [-0.25, -0.2) is 4.98 Å². The van der Waals surface area contributed by atoms with Crippen LogP contribution in [0.5, 0.6) is 0 Å². The van der Waals surface area contributed by atoms with Crippen LogP contribution in [0.4, 0.5) is 0 Å². The van der Waals surface area contributed by atoms with Crippen LogP contribution in [0.3, 0.4) is 0 Å². The zero-order valence-corrected chi connectivity index (χ0v) is 28.3. The molecular formula is C40H38Cl2N4O. The number of hydrogen-bond donors (Lipinski definition) is 1. The van der Waals surface area contributed by atoms with Gasteiger partial charge in [0.1, 0.15) is 5.60 Å². The summed E-state index contributed by atoms with van der Waals surface area (Å²) in [6, 6.07) is 18.4. The number of aromatic nitrogens is 2. The average Bonchev–Trinajstić information content (AvgIpc) is 3.31. The number of fused-ring (bicyclic) bond motifs is 4. The Hall–Kier alpha value is -3.58. The van der Waals surface area contributed by atoms with Crippen LogP contribution >= 0.6 is 23.2 Å². The number of piperidine rings is 2. The van der Waals surface area contributed by atoms with Crippen LogP contribution in [0.15, 0.2) is 66.4 Å². The molecule has 1 atom stereocenters. The summed E-state index contributed by atoms with van der Waals surface area (Å²) in [5, 5.41) is 14.3. The molecule has 1 unspecified atom stereocenters. The fraction of sp³-hybridized carbons (Fsp3) is 0.300. The minimum absolute atomic E-state index is 0.00858. The lowest BCUT2D eigenvalue weighted by Crippen LogP contribution is -2.44. The van der Waals surface area contributed by atoms with Gasteiger partial charge >= 0.3 is 0 Å². The van der Waals surface area contributed by atoms with Crippen LogP contribution < -0.4 is 0 Å². The van der Waals surface area contributed by atoms with Gasteiger partial charge in [0.25, 0.3) is 0 Å². The number of hydrogen-bond acceptors (Lipinski definition) is 5. The molecule has 47 heavy (non-hydrogen) atoms. The molecule has 8 rings (SSSR count). The van der Waals surface area contributed by atoms with Gasteiger partial charge in [0, 0.05) is 46.9 Å². The average molecular weight is 662 g/mol. The van der Waals surface area contributed by atoms with Gasteiger partial charge in [0.2, 0.25) is 0 Å². The summed E-state index contributed by atoms with van der Waals surface area (Å²) in [7, 11) is 4.33. The number of aliphatic hydroxyl groups is 1. The third kappa shape index (κ3) is 5.39. The Bertz CT molecular complexity index is 1980. The maximum absolute atomic E-state index is 13.0. The van der Waals surface area contributed by atoms with E-state index in [1.54, 1.807) is 6.20 Å². The molecule has 5 nitrogen and oxygen atoms in total. The second-order valence-electron chi connectivity index (χ2n) is 13.5. The van der Waals surface area contributed by atoms with Crippen molar-refractivity contribution < 1.29 is 5.11 Å². The molecule has 2 fully saturated rings. The van der Waals surface area contributed by atoms with Gasteiger partial charge in [-0.1, -0.05) is 71.3 Å². The fourth-order valence-electron chi connectivity index (χ4n) is 7.93. The second-order valence-corrected chi connectivity index (χ2v) is 14.4. The highest BCUT2D eigenvalue weighted by atomic mass is 35.5. The first-order valence-electron chi connectivity index (χ1n) is 16.6. The summed E-state index contributed by atoms with van der Waals surface area (Å²) in [4.78, 5) is 15.0. The van der Waals surface area contributed by atoms with E-state index in [0.29, 0.717) is 10.7 Å². The van der Waals surface area contributed by atoms with Crippen molar-refractivity contribution >= 4 is 53.1 Å². The molecule has 0 saturated carbocycles. The van der Waals surface area contributed by atoms with Crippen molar-refractivity contribution in [2.45, 2.75) is 31.3 Å². The van der Waals surface area contributed by atoms with Crippen LogP contribution in [0.2, 0.25) is 10.0 Å². The van der Waals surface area contributed by atoms with Gasteiger partial charge in [0.05, 0.1) is 22.1 Å². The second kappa shape index (κ2) is 12.1. The van der Waals surface area contributed by atoms with Gasteiger partial charge in [-0.15, -0.1) is 0 Å². The van der Waals surface area contributed by atoms with E-state index in [9.17, 15) is 5.11 Å². The molecule has 0 bridgehead atoms. The molecule has 2 aromatic carbocycles. The van der Waals surface area contributed by atoms with Crippen LogP contribution in [-0.4, -0.2) is 65.1 Å². The molecule has 2 aromatic heterocycles. The summed E-state index contributed by atoms with van der Waals surface area (Å²) in [6.45, 7) is 3.88. The Balaban J connectivity index is 1.31. The lowest BCUT2D eigenvalue weighted by atomic mass is 9.72. The van der Waals surface area contributed by atoms with Crippen LogP contribution in [-0.2, 0) is 5.60 Å². The Labute approximate surface area is 286 Å². The van der Waals surface area contributed by atoms with Gasteiger partial charge in [-0.05, 0) is 117 Å². The van der Waals surface area contributed by atoms with E-state index in [1.165, 1.54) is 11.1 Å². The first kappa shape index (κ1) is 30.7. The molecule has 2 aliphatic carbocycles. The summed E-state index contributed by atoms with van der Waals surface area (Å²) in [5.74, 6) is 0.00858. The van der Waals surface area contributed by atoms with E-state index in [0.717, 1.165) is 107 Å². The number of benzene rings is 2. The van der Waals surface area contributed by atoms with E-state index in [1.807, 2.05) is 30.3 Å². The fourth-order valence-corrected chi connectivity index (χ4v) is 8.38. The molecule has 0 radical (unpaired) electrons. The summed E-state index contributed by atoms with van der Waals surface area (Å²) >= 11 is 13.6. The van der Waals surface area contributed by atoms with Crippen LogP contribution in [0.25, 0.3) is 41.1 Å². The van der Waals surface area contributed by atoms with Crippen molar-refractivity contribution in [3.05, 3.63) is 121 Å². The molecule has 238 valence electrons. The van der Waals surface area contributed by atoms with E-state index in [4.69, 9.17) is 33.2 Å². The van der Waals surface area contributed by atoms with Crippen LogP contribution in [0.1, 0.15) is 70.5 Å². The number of rotatable bonds is 2. The molecule has 2 aliphatic heterocycles. The number of pyridine rings is 2. The van der Waals surface area contributed by atoms with Crippen molar-refractivity contribution in [3.8, 4) is 11.3 Å². The maximum atomic E-state index is 13.0. The Kier molecular flexibility index (Phi) is 7.94. The standard InChI is InChI=1S/C40H38Cl2N4O/c1-45-18-13-25(14-19-45)37-32-11-10-31(41)22-28(32)7-5-26-9-12-36(44-38(26)37)33-24-34-29(23-35(33)42)8-6-27-4-3-17-43-39(27)40(34,47)30-15-20-46(2)21-16-30/h3-12,17,22-24,30,47H,13-16,18-21H2,1-2H3. The highest BCUT2D eigenvalue weighted by molar-refractivity contribution is 6.33. The minimum Gasteiger partial charge on any atom is -0.378 e. The van der Waals surface area contributed by atoms with Gasteiger partial charge < -0.3 is 14.9 Å². The van der Waals surface area contributed by atoms with Crippen molar-refractivity contribution in [1.82, 2.24) is 19.8 Å². The topological polar surface area (TPSA) is 52.5 Å². The molecule has 7 heteroatoms. The lowest BCUT2D eigenvalue weighted by molar-refractivity contribution is -0.0144. The first-order chi connectivity index (χ1) is 22.8. The molecule has 4 aromatic rings. The van der Waals surface area contributed by atoms with E-state index in [-0.39, 0.29) is 5.92 Å². The Morgan fingerprint density at radius 1 is 0.766 bits per heavy atom. The third-order valence-corrected chi connectivity index (χ3v) is 11.2. The Morgan fingerprint density at radius 3 is 2.30 bits per heavy atom. The zero-order chi connectivity index (χ0) is 32.3. The molecule has 4 heterocycles. The van der Waals surface area contributed by atoms with E-state index >= 15 is 0 Å². The predicted octanol–water partition coefficient (Wildman–Crippen LogP) is 8.52. The monoisotopic (exact) mass is 660 g/mol. The lowest BCUT2D eigenvalue weighted by Gasteiger charge is -2.41. The predicted molar refractivity (Wildman–Crippen MR) is 194 cm³/mol. The highest BCUT2D eigenvalue weighted by Gasteiger charge is 2.46.